The average molecular weight is 989 g/mol. The Bertz CT molecular complexity index is 2140. The van der Waals surface area contributed by atoms with Crippen LogP contribution in [0, 0.1) is 0 Å². The molecule has 0 spiro atoms. The highest BCUT2D eigenvalue weighted by Gasteiger charge is 2.58. The van der Waals surface area contributed by atoms with E-state index in [0.29, 0.717) is 11.1 Å². The van der Waals surface area contributed by atoms with E-state index in [1.165, 1.54) is 11.8 Å². The van der Waals surface area contributed by atoms with Crippen LogP contribution in [-0.2, 0) is 91.8 Å². The van der Waals surface area contributed by atoms with Gasteiger partial charge < -0.3 is 52.5 Å². The number of thioether (sulfide) groups is 1. The van der Waals surface area contributed by atoms with Crippen molar-refractivity contribution in [3.05, 3.63) is 64.2 Å². The van der Waals surface area contributed by atoms with Crippen molar-refractivity contribution in [2.45, 2.75) is 186 Å². The summed E-state index contributed by atoms with van der Waals surface area (Å²) in [4.78, 5) is 88.8. The molecule has 0 aliphatic carbocycles. The monoisotopic (exact) mass is 988 g/mol. The second kappa shape index (κ2) is 23.6. The van der Waals surface area contributed by atoms with Gasteiger partial charge >= 0.3 is 41.8 Å². The molecule has 0 saturated carbocycles. The molecule has 6 unspecified atom stereocenters. The zero-order valence-electron chi connectivity index (χ0n) is 42.1. The quantitative estimate of drug-likeness (QED) is 0.139. The number of aromatic hydroxyl groups is 1. The number of carbonyl (C=O) groups is 7. The largest absolute Gasteiger partial charge is 0.507 e. The molecule has 2 fully saturated rings. The van der Waals surface area contributed by atoms with Gasteiger partial charge in [-0.05, 0) is 44.6 Å². The van der Waals surface area contributed by atoms with Crippen LogP contribution in [0.15, 0.2) is 36.4 Å². The van der Waals surface area contributed by atoms with Crippen LogP contribution in [0.2, 0.25) is 0 Å². The topological polar surface area (TPSA) is 232 Å². The maximum atomic E-state index is 13.2. The zero-order valence-corrected chi connectivity index (χ0v) is 42.9. The van der Waals surface area contributed by atoms with Gasteiger partial charge in [-0.1, -0.05) is 91.8 Å². The lowest BCUT2D eigenvalue weighted by Gasteiger charge is -2.49. The first-order valence-corrected chi connectivity index (χ1v) is 23.6. The lowest BCUT2D eigenvalue weighted by Crippen LogP contribution is -2.66. The molecule has 0 bridgehead atoms. The summed E-state index contributed by atoms with van der Waals surface area (Å²) in [6.45, 7) is 22.7. The van der Waals surface area contributed by atoms with Crippen LogP contribution >= 0.6 is 11.8 Å². The molecule has 382 valence electrons. The van der Waals surface area contributed by atoms with E-state index < -0.39 is 132 Å². The zero-order chi connectivity index (χ0) is 51.9. The molecule has 18 nitrogen and oxygen atoms in total. The lowest BCUT2D eigenvalue weighted by atomic mass is 9.78. The SMILES string of the molecule is CC(=O)OCC1O[C@@H](S[C@H](c2ccc(C(C)C)cc2)c2cc(C(C)(C)C)c(O)c(C(C)(C)C)c2)C(OC(C)=O)C(OC(C)=O)[C@@H]1O[C@@H]1OC(COC(C)=O)[C@H](OC(C)=O)C(OC(C)=O)C1OC(C)=O. The van der Waals surface area contributed by atoms with Gasteiger partial charge in [-0.15, -0.1) is 11.8 Å². The fourth-order valence-electron chi connectivity index (χ4n) is 8.07. The van der Waals surface area contributed by atoms with Crippen LogP contribution in [-0.4, -0.2) is 121 Å². The molecule has 11 atom stereocenters. The van der Waals surface area contributed by atoms with Gasteiger partial charge in [-0.25, -0.2) is 0 Å². The third kappa shape index (κ3) is 15.4. The number of rotatable bonds is 16. The van der Waals surface area contributed by atoms with Gasteiger partial charge in [-0.2, -0.15) is 0 Å². The van der Waals surface area contributed by atoms with Gasteiger partial charge in [-0.3, -0.25) is 33.6 Å². The Hall–Kier alpha value is -5.24. The number of hydrogen-bond donors (Lipinski definition) is 1. The van der Waals surface area contributed by atoms with E-state index in [2.05, 4.69) is 13.8 Å². The van der Waals surface area contributed by atoms with Crippen molar-refractivity contribution in [3.63, 3.8) is 0 Å². The number of benzene rings is 2. The molecule has 69 heavy (non-hydrogen) atoms. The van der Waals surface area contributed by atoms with Crippen molar-refractivity contribution in [1.82, 2.24) is 0 Å². The number of phenolic OH excluding ortho intramolecular Hbond substituents is 1. The maximum absolute atomic E-state index is 13.2. The Morgan fingerprint density at radius 2 is 0.928 bits per heavy atom. The van der Waals surface area contributed by atoms with E-state index >= 15 is 0 Å². The molecule has 2 heterocycles. The van der Waals surface area contributed by atoms with Gasteiger partial charge in [0.2, 0.25) is 0 Å². The van der Waals surface area contributed by atoms with Crippen LogP contribution in [0.5, 0.6) is 5.75 Å². The van der Waals surface area contributed by atoms with E-state index in [1.807, 2.05) is 77.9 Å². The minimum absolute atomic E-state index is 0.155. The highest BCUT2D eigenvalue weighted by atomic mass is 32.2. The van der Waals surface area contributed by atoms with E-state index in [1.54, 1.807) is 0 Å². The summed E-state index contributed by atoms with van der Waals surface area (Å²) in [5.74, 6) is -5.43. The van der Waals surface area contributed by atoms with E-state index in [-0.39, 0.29) is 11.7 Å². The molecule has 2 aliphatic heterocycles. The first-order chi connectivity index (χ1) is 32.0. The van der Waals surface area contributed by atoms with Crippen LogP contribution in [0.25, 0.3) is 0 Å². The summed E-state index contributed by atoms with van der Waals surface area (Å²) >= 11 is 1.21. The van der Waals surface area contributed by atoms with Gasteiger partial charge in [0.05, 0.1) is 5.25 Å². The highest BCUT2D eigenvalue weighted by Crippen LogP contribution is 2.49. The van der Waals surface area contributed by atoms with Crippen molar-refractivity contribution in [3.8, 4) is 5.75 Å². The van der Waals surface area contributed by atoms with Crippen LogP contribution in [0.3, 0.4) is 0 Å². The fourth-order valence-corrected chi connectivity index (χ4v) is 9.52. The van der Waals surface area contributed by atoms with Gasteiger partial charge in [0, 0.05) is 48.5 Å². The Morgan fingerprint density at radius 3 is 1.35 bits per heavy atom. The van der Waals surface area contributed by atoms with Gasteiger partial charge in [0.1, 0.15) is 42.7 Å². The smallest absolute Gasteiger partial charge is 0.303 e. The predicted molar refractivity (Wildman–Crippen MR) is 249 cm³/mol. The molecule has 4 rings (SSSR count). The molecule has 2 aromatic carbocycles. The first kappa shape index (κ1) is 56.3. The minimum atomic E-state index is -1.82. The standard InChI is InChI=1S/C50H68O18S/c1-24(2)32-16-18-33(19-17-32)46(34-20-35(49(10,11)12)39(58)36(21-34)50(13,14)15)69-48-45(65-31(9)57)43(63-29(7)55)41(38(67-48)23-60-26(4)52)68-47-44(64-30(8)56)42(62-28(6)54)40(61-27(5)53)37(66-47)22-59-25(3)51/h16-21,24,37-38,40-48,58H,22-23H2,1-15H3/t37?,38?,40-,41+,42?,43?,44?,45?,46+,47-,48-/m0/s1. The molecule has 2 aromatic rings. The minimum Gasteiger partial charge on any atom is -0.507 e. The summed E-state index contributed by atoms with van der Waals surface area (Å²) in [5.41, 5.74) is 1.72. The molecular formula is C50H68O18S. The molecule has 2 aliphatic rings. The summed E-state index contributed by atoms with van der Waals surface area (Å²) < 4.78 is 59.2. The predicted octanol–water partition coefficient (Wildman–Crippen LogP) is 6.55. The Balaban J connectivity index is 1.99. The summed E-state index contributed by atoms with van der Waals surface area (Å²) in [6.07, 6.45) is -14.2. The third-order valence-electron chi connectivity index (χ3n) is 11.1. The second-order valence-electron chi connectivity index (χ2n) is 19.5. The Morgan fingerprint density at radius 1 is 0.536 bits per heavy atom. The summed E-state index contributed by atoms with van der Waals surface area (Å²) in [5, 5.41) is 11.1. The number of ether oxygens (including phenoxy) is 10. The Labute approximate surface area is 408 Å². The van der Waals surface area contributed by atoms with Crippen molar-refractivity contribution in [2.75, 3.05) is 13.2 Å². The van der Waals surface area contributed by atoms with E-state index in [4.69, 9.17) is 47.4 Å². The normalized spacial score (nSPS) is 25.4. The highest BCUT2D eigenvalue weighted by molar-refractivity contribution is 8.00. The molecule has 1 N–H and O–H groups in total. The number of hydrogen-bond acceptors (Lipinski definition) is 19. The van der Waals surface area contributed by atoms with Crippen molar-refractivity contribution >= 4 is 53.5 Å². The lowest BCUT2D eigenvalue weighted by molar-refractivity contribution is -0.341. The molecule has 0 radical (unpaired) electrons. The first-order valence-electron chi connectivity index (χ1n) is 22.7. The molecule has 2 saturated heterocycles. The van der Waals surface area contributed by atoms with Crippen molar-refractivity contribution < 1.29 is 86.0 Å². The summed E-state index contributed by atoms with van der Waals surface area (Å²) in [7, 11) is 0. The molecule has 19 heteroatoms. The molecule has 0 aromatic heterocycles. The maximum Gasteiger partial charge on any atom is 0.303 e. The van der Waals surface area contributed by atoms with Crippen LogP contribution in [0.4, 0.5) is 0 Å². The van der Waals surface area contributed by atoms with Crippen molar-refractivity contribution in [1.29, 1.82) is 0 Å². The third-order valence-corrected chi connectivity index (χ3v) is 12.6. The van der Waals surface area contributed by atoms with Crippen molar-refractivity contribution in [2.24, 2.45) is 0 Å². The number of esters is 7. The number of phenols is 1. The molecular weight excluding hydrogens is 921 g/mol. The van der Waals surface area contributed by atoms with Gasteiger partial charge in [0.25, 0.3) is 0 Å². The summed E-state index contributed by atoms with van der Waals surface area (Å²) in [6, 6.07) is 11.8. The van der Waals surface area contributed by atoms with Gasteiger partial charge in [0.15, 0.2) is 36.8 Å². The van der Waals surface area contributed by atoms with E-state index in [9.17, 15) is 38.7 Å². The average Bonchev–Trinajstić information content (AvgIpc) is 3.21. The van der Waals surface area contributed by atoms with Crippen LogP contribution in [0.1, 0.15) is 143 Å². The number of carbonyl (C=O) groups excluding carboxylic acids is 7. The fraction of sp³-hybridized carbons (Fsp3) is 0.620. The second-order valence-corrected chi connectivity index (χ2v) is 20.7. The Kier molecular flexibility index (Phi) is 19.3. The van der Waals surface area contributed by atoms with E-state index in [0.717, 1.165) is 65.2 Å². The molecule has 0 amide bonds. The van der Waals surface area contributed by atoms with Crippen LogP contribution < -0.4 is 0 Å².